The minimum atomic E-state index is 0.0612. The SMILES string of the molecule is C[C@@H](NC(=O)CCN1CCC(c2ccncc2)CC1)c1ccccc1. The van der Waals surface area contributed by atoms with Crippen molar-refractivity contribution < 1.29 is 4.79 Å². The number of benzene rings is 1. The molecule has 4 nitrogen and oxygen atoms in total. The van der Waals surface area contributed by atoms with Crippen molar-refractivity contribution in [2.45, 2.75) is 38.1 Å². The molecule has 0 radical (unpaired) electrons. The molecule has 2 heterocycles. The number of aromatic nitrogens is 1. The maximum Gasteiger partial charge on any atom is 0.221 e. The first-order chi connectivity index (χ1) is 12.2. The molecule has 1 fully saturated rings. The van der Waals surface area contributed by atoms with Crippen LogP contribution in [0.5, 0.6) is 0 Å². The van der Waals surface area contributed by atoms with Crippen molar-refractivity contribution in [2.24, 2.45) is 0 Å². The topological polar surface area (TPSA) is 45.2 Å². The number of amides is 1. The monoisotopic (exact) mass is 337 g/mol. The molecule has 2 aromatic rings. The minimum absolute atomic E-state index is 0.0612. The molecule has 3 rings (SSSR count). The van der Waals surface area contributed by atoms with Crippen LogP contribution in [0.15, 0.2) is 54.9 Å². The number of pyridine rings is 1. The summed E-state index contributed by atoms with van der Waals surface area (Å²) in [6.45, 7) is 5.01. The van der Waals surface area contributed by atoms with E-state index in [1.165, 1.54) is 5.56 Å². The summed E-state index contributed by atoms with van der Waals surface area (Å²) in [6.07, 6.45) is 6.63. The van der Waals surface area contributed by atoms with Crippen LogP contribution in [0.2, 0.25) is 0 Å². The van der Waals surface area contributed by atoms with Gasteiger partial charge in [0.25, 0.3) is 0 Å². The Hall–Kier alpha value is -2.20. The van der Waals surface area contributed by atoms with Crippen molar-refractivity contribution >= 4 is 5.91 Å². The molecule has 4 heteroatoms. The third-order valence-electron chi connectivity index (χ3n) is 5.10. The second-order valence-corrected chi connectivity index (χ2v) is 6.85. The summed E-state index contributed by atoms with van der Waals surface area (Å²) in [5.41, 5.74) is 2.54. The highest BCUT2D eigenvalue weighted by atomic mass is 16.1. The molecule has 1 saturated heterocycles. The summed E-state index contributed by atoms with van der Waals surface area (Å²) in [4.78, 5) is 18.7. The van der Waals surface area contributed by atoms with Gasteiger partial charge in [0.1, 0.15) is 0 Å². The summed E-state index contributed by atoms with van der Waals surface area (Å²) in [7, 11) is 0. The predicted molar refractivity (Wildman–Crippen MR) is 100 cm³/mol. The van der Waals surface area contributed by atoms with Gasteiger partial charge in [-0.15, -0.1) is 0 Å². The third kappa shape index (κ3) is 5.13. The highest BCUT2D eigenvalue weighted by Gasteiger charge is 2.21. The fourth-order valence-electron chi connectivity index (χ4n) is 3.52. The zero-order chi connectivity index (χ0) is 17.5. The Morgan fingerprint density at radius 1 is 1.16 bits per heavy atom. The molecular weight excluding hydrogens is 310 g/mol. The average Bonchev–Trinajstić information content (AvgIpc) is 2.68. The summed E-state index contributed by atoms with van der Waals surface area (Å²) >= 11 is 0. The van der Waals surface area contributed by atoms with E-state index >= 15 is 0 Å². The van der Waals surface area contributed by atoms with E-state index in [0.29, 0.717) is 12.3 Å². The van der Waals surface area contributed by atoms with Crippen molar-refractivity contribution in [3.05, 3.63) is 66.0 Å². The Bertz CT molecular complexity index is 651. The number of nitrogens with zero attached hydrogens (tertiary/aromatic N) is 2. The van der Waals surface area contributed by atoms with Crippen molar-refractivity contribution in [2.75, 3.05) is 19.6 Å². The van der Waals surface area contributed by atoms with Gasteiger partial charge < -0.3 is 10.2 Å². The van der Waals surface area contributed by atoms with E-state index in [9.17, 15) is 4.79 Å². The summed E-state index contributed by atoms with van der Waals surface area (Å²) in [6, 6.07) is 14.4. The average molecular weight is 337 g/mol. The predicted octanol–water partition coefficient (Wildman–Crippen LogP) is 3.53. The molecule has 0 unspecified atom stereocenters. The lowest BCUT2D eigenvalue weighted by Gasteiger charge is -2.32. The summed E-state index contributed by atoms with van der Waals surface area (Å²) in [5, 5.41) is 3.10. The number of hydrogen-bond donors (Lipinski definition) is 1. The molecule has 1 aromatic heterocycles. The van der Waals surface area contributed by atoms with Gasteiger partial charge in [0.15, 0.2) is 0 Å². The number of carbonyl (C=O) groups excluding carboxylic acids is 1. The maximum atomic E-state index is 12.2. The highest BCUT2D eigenvalue weighted by Crippen LogP contribution is 2.27. The Morgan fingerprint density at radius 3 is 2.52 bits per heavy atom. The normalized spacial score (nSPS) is 17.2. The van der Waals surface area contributed by atoms with Gasteiger partial charge in [0.05, 0.1) is 6.04 Å². The Labute approximate surface area is 150 Å². The van der Waals surface area contributed by atoms with Crippen LogP contribution in [0.1, 0.15) is 49.3 Å². The second-order valence-electron chi connectivity index (χ2n) is 6.85. The third-order valence-corrected chi connectivity index (χ3v) is 5.10. The van der Waals surface area contributed by atoms with Crippen LogP contribution in [0.25, 0.3) is 0 Å². The molecule has 1 amide bonds. The second kappa shape index (κ2) is 8.77. The standard InChI is InChI=1S/C21H27N3O/c1-17(18-5-3-2-4-6-18)23-21(25)11-16-24-14-9-20(10-15-24)19-7-12-22-13-8-19/h2-8,12-13,17,20H,9-11,14-16H2,1H3,(H,23,25)/t17-/m1/s1. The summed E-state index contributed by atoms with van der Waals surface area (Å²) < 4.78 is 0. The first-order valence-corrected chi connectivity index (χ1v) is 9.19. The molecule has 1 aromatic carbocycles. The van der Waals surface area contributed by atoms with Gasteiger partial charge in [-0.1, -0.05) is 30.3 Å². The van der Waals surface area contributed by atoms with E-state index in [1.807, 2.05) is 37.5 Å². The molecule has 0 spiro atoms. The molecule has 1 aliphatic rings. The molecule has 1 N–H and O–H groups in total. The van der Waals surface area contributed by atoms with Gasteiger partial charge in [-0.3, -0.25) is 9.78 Å². The Morgan fingerprint density at radius 2 is 1.84 bits per heavy atom. The number of rotatable bonds is 6. The number of carbonyl (C=O) groups is 1. The Kier molecular flexibility index (Phi) is 6.18. The van der Waals surface area contributed by atoms with Crippen LogP contribution >= 0.6 is 0 Å². The van der Waals surface area contributed by atoms with E-state index in [4.69, 9.17) is 0 Å². The van der Waals surface area contributed by atoms with Gasteiger partial charge >= 0.3 is 0 Å². The van der Waals surface area contributed by atoms with Gasteiger partial charge in [0.2, 0.25) is 5.91 Å². The first kappa shape index (κ1) is 17.6. The lowest BCUT2D eigenvalue weighted by Crippen LogP contribution is -2.36. The minimum Gasteiger partial charge on any atom is -0.350 e. The highest BCUT2D eigenvalue weighted by molar-refractivity contribution is 5.76. The quantitative estimate of drug-likeness (QED) is 0.877. The van der Waals surface area contributed by atoms with E-state index < -0.39 is 0 Å². The fourth-order valence-corrected chi connectivity index (χ4v) is 3.52. The lowest BCUT2D eigenvalue weighted by atomic mass is 9.90. The number of likely N-dealkylation sites (tertiary alicyclic amines) is 1. The molecule has 0 bridgehead atoms. The molecule has 0 saturated carbocycles. The Balaban J connectivity index is 1.39. The maximum absolute atomic E-state index is 12.2. The first-order valence-electron chi connectivity index (χ1n) is 9.19. The van der Waals surface area contributed by atoms with Crippen molar-refractivity contribution in [3.63, 3.8) is 0 Å². The molecule has 25 heavy (non-hydrogen) atoms. The van der Waals surface area contributed by atoms with Crippen molar-refractivity contribution in [3.8, 4) is 0 Å². The lowest BCUT2D eigenvalue weighted by molar-refractivity contribution is -0.122. The van der Waals surface area contributed by atoms with Crippen LogP contribution in [0, 0.1) is 0 Å². The molecule has 1 atom stereocenters. The zero-order valence-corrected chi connectivity index (χ0v) is 14.9. The van der Waals surface area contributed by atoms with E-state index in [0.717, 1.165) is 38.0 Å². The number of nitrogens with one attached hydrogen (secondary N) is 1. The molecule has 1 aliphatic heterocycles. The van der Waals surface area contributed by atoms with Crippen LogP contribution in [0.4, 0.5) is 0 Å². The zero-order valence-electron chi connectivity index (χ0n) is 14.9. The molecule has 0 aliphatic carbocycles. The van der Waals surface area contributed by atoms with E-state index in [1.54, 1.807) is 0 Å². The van der Waals surface area contributed by atoms with Crippen LogP contribution in [-0.4, -0.2) is 35.4 Å². The van der Waals surface area contributed by atoms with Crippen LogP contribution in [-0.2, 0) is 4.79 Å². The van der Waals surface area contributed by atoms with Gasteiger partial charge in [-0.25, -0.2) is 0 Å². The summed E-state index contributed by atoms with van der Waals surface area (Å²) in [5.74, 6) is 0.763. The van der Waals surface area contributed by atoms with Crippen molar-refractivity contribution in [1.82, 2.24) is 15.2 Å². The molecular formula is C21H27N3O. The number of hydrogen-bond acceptors (Lipinski definition) is 3. The van der Waals surface area contributed by atoms with Gasteiger partial charge in [0, 0.05) is 25.4 Å². The van der Waals surface area contributed by atoms with Crippen LogP contribution in [0.3, 0.4) is 0 Å². The van der Waals surface area contributed by atoms with E-state index in [-0.39, 0.29) is 11.9 Å². The van der Waals surface area contributed by atoms with E-state index in [2.05, 4.69) is 39.5 Å². The van der Waals surface area contributed by atoms with Gasteiger partial charge in [-0.2, -0.15) is 0 Å². The fraction of sp³-hybridized carbons (Fsp3) is 0.429. The van der Waals surface area contributed by atoms with Gasteiger partial charge in [-0.05, 0) is 62.0 Å². The smallest absolute Gasteiger partial charge is 0.221 e. The largest absolute Gasteiger partial charge is 0.350 e. The molecule has 132 valence electrons. The van der Waals surface area contributed by atoms with Crippen molar-refractivity contribution in [1.29, 1.82) is 0 Å². The van der Waals surface area contributed by atoms with Crippen LogP contribution < -0.4 is 5.32 Å². The number of piperidine rings is 1.